The number of carbonyl (C=O) groups is 1. The summed E-state index contributed by atoms with van der Waals surface area (Å²) in [5.41, 5.74) is 0.361. The average Bonchev–Trinajstić information content (AvgIpc) is 2.43. The Kier molecular flexibility index (Phi) is 4.65. The van der Waals surface area contributed by atoms with Crippen molar-refractivity contribution >= 4 is 5.97 Å². The summed E-state index contributed by atoms with van der Waals surface area (Å²) in [6, 6.07) is 7.89. The minimum Gasteiger partial charge on any atom is -0.492 e. The zero-order valence-corrected chi connectivity index (χ0v) is 12.3. The van der Waals surface area contributed by atoms with Crippen molar-refractivity contribution in [1.82, 2.24) is 4.90 Å². The van der Waals surface area contributed by atoms with Crippen LogP contribution in [0.2, 0.25) is 0 Å². The van der Waals surface area contributed by atoms with Gasteiger partial charge in [0.1, 0.15) is 17.9 Å². The third kappa shape index (κ3) is 3.12. The van der Waals surface area contributed by atoms with E-state index < -0.39 is 11.5 Å². The van der Waals surface area contributed by atoms with Crippen molar-refractivity contribution in [3.63, 3.8) is 0 Å². The van der Waals surface area contributed by atoms with Gasteiger partial charge in [-0.05, 0) is 51.3 Å². The molecule has 0 amide bonds. The van der Waals surface area contributed by atoms with Crippen LogP contribution in [0.5, 0.6) is 5.75 Å². The van der Waals surface area contributed by atoms with Crippen molar-refractivity contribution < 1.29 is 14.6 Å². The summed E-state index contributed by atoms with van der Waals surface area (Å²) in [4.78, 5) is 13.5. The molecule has 1 aliphatic rings. The molecule has 0 aliphatic carbocycles. The Bertz CT molecular complexity index is 475. The van der Waals surface area contributed by atoms with Gasteiger partial charge in [0.25, 0.3) is 0 Å². The maximum Gasteiger partial charge on any atom is 0.323 e. The topological polar surface area (TPSA) is 49.8 Å². The number of piperidine rings is 1. The van der Waals surface area contributed by atoms with Gasteiger partial charge in [-0.2, -0.15) is 0 Å². The third-order valence-corrected chi connectivity index (χ3v) is 4.21. The lowest BCUT2D eigenvalue weighted by Gasteiger charge is -2.41. The smallest absolute Gasteiger partial charge is 0.323 e. The van der Waals surface area contributed by atoms with Gasteiger partial charge in [-0.15, -0.1) is 0 Å². The van der Waals surface area contributed by atoms with Gasteiger partial charge in [-0.1, -0.05) is 18.2 Å². The van der Waals surface area contributed by atoms with Crippen molar-refractivity contribution in [2.75, 3.05) is 19.7 Å². The lowest BCUT2D eigenvalue weighted by molar-refractivity contribution is -0.153. The van der Waals surface area contributed by atoms with E-state index in [1.54, 1.807) is 0 Å². The van der Waals surface area contributed by atoms with Gasteiger partial charge in [-0.25, -0.2) is 0 Å². The second kappa shape index (κ2) is 6.27. The quantitative estimate of drug-likeness (QED) is 0.899. The van der Waals surface area contributed by atoms with E-state index in [9.17, 15) is 9.90 Å². The monoisotopic (exact) mass is 277 g/mol. The van der Waals surface area contributed by atoms with Crippen LogP contribution >= 0.6 is 0 Å². The number of carboxylic acid groups (broad SMARTS) is 1. The molecule has 0 saturated carbocycles. The predicted octanol–water partition coefficient (Wildman–Crippen LogP) is 2.70. The normalized spacial score (nSPS) is 23.5. The number of hydrogen-bond donors (Lipinski definition) is 1. The molecule has 1 saturated heterocycles. The van der Waals surface area contributed by atoms with E-state index in [-0.39, 0.29) is 0 Å². The number of aryl methyl sites for hydroxylation is 1. The van der Waals surface area contributed by atoms with Crippen LogP contribution < -0.4 is 4.74 Å². The summed E-state index contributed by atoms with van der Waals surface area (Å²) < 4.78 is 5.78. The fourth-order valence-corrected chi connectivity index (χ4v) is 2.76. The Balaban J connectivity index is 1.92. The Morgan fingerprint density at radius 1 is 1.40 bits per heavy atom. The second-order valence-corrected chi connectivity index (χ2v) is 5.64. The van der Waals surface area contributed by atoms with E-state index in [1.165, 1.54) is 0 Å². The molecular formula is C16H23NO3. The molecule has 1 atom stereocenters. The number of aliphatic carboxylic acids is 1. The lowest BCUT2D eigenvalue weighted by atomic mass is 9.88. The summed E-state index contributed by atoms with van der Waals surface area (Å²) in [7, 11) is 0. The maximum absolute atomic E-state index is 11.5. The van der Waals surface area contributed by atoms with Gasteiger partial charge >= 0.3 is 5.97 Å². The first-order chi connectivity index (χ1) is 9.54. The molecule has 20 heavy (non-hydrogen) atoms. The number of nitrogens with zero attached hydrogens (tertiary/aromatic N) is 1. The average molecular weight is 277 g/mol. The number of hydrogen-bond acceptors (Lipinski definition) is 3. The van der Waals surface area contributed by atoms with Crippen LogP contribution in [0.1, 0.15) is 31.7 Å². The molecule has 1 N–H and O–H groups in total. The highest BCUT2D eigenvalue weighted by molar-refractivity contribution is 5.78. The molecule has 1 aromatic rings. The number of likely N-dealkylation sites (tertiary alicyclic amines) is 1. The Hall–Kier alpha value is -1.55. The fourth-order valence-electron chi connectivity index (χ4n) is 2.76. The molecule has 4 heteroatoms. The van der Waals surface area contributed by atoms with E-state index in [0.29, 0.717) is 19.6 Å². The highest BCUT2D eigenvalue weighted by atomic mass is 16.5. The Morgan fingerprint density at radius 2 is 2.15 bits per heavy atom. The van der Waals surface area contributed by atoms with E-state index in [1.807, 2.05) is 43.0 Å². The van der Waals surface area contributed by atoms with Crippen LogP contribution in [-0.2, 0) is 4.79 Å². The molecule has 1 unspecified atom stereocenters. The lowest BCUT2D eigenvalue weighted by Crippen LogP contribution is -2.56. The molecule has 2 rings (SSSR count). The highest BCUT2D eigenvalue weighted by Crippen LogP contribution is 2.28. The number of para-hydroxylation sites is 1. The molecule has 110 valence electrons. The van der Waals surface area contributed by atoms with Crippen LogP contribution in [0.15, 0.2) is 24.3 Å². The minimum atomic E-state index is -0.743. The van der Waals surface area contributed by atoms with Crippen molar-refractivity contribution in [2.24, 2.45) is 0 Å². The highest BCUT2D eigenvalue weighted by Gasteiger charge is 2.40. The molecule has 4 nitrogen and oxygen atoms in total. The molecule has 0 bridgehead atoms. The zero-order valence-electron chi connectivity index (χ0n) is 12.3. The molecular weight excluding hydrogens is 254 g/mol. The van der Waals surface area contributed by atoms with Gasteiger partial charge in [0.15, 0.2) is 0 Å². The van der Waals surface area contributed by atoms with Crippen molar-refractivity contribution in [1.29, 1.82) is 0 Å². The van der Waals surface area contributed by atoms with E-state index in [4.69, 9.17) is 4.74 Å². The van der Waals surface area contributed by atoms with Gasteiger partial charge < -0.3 is 9.84 Å². The number of benzene rings is 1. The summed E-state index contributed by atoms with van der Waals surface area (Å²) in [5.74, 6) is 0.148. The number of ether oxygens (including phenoxy) is 1. The van der Waals surface area contributed by atoms with Gasteiger partial charge in [0.2, 0.25) is 0 Å². The van der Waals surface area contributed by atoms with Crippen LogP contribution in [0, 0.1) is 6.92 Å². The summed E-state index contributed by atoms with van der Waals surface area (Å²) in [6.07, 6.45) is 2.76. The molecule has 0 aromatic heterocycles. The summed E-state index contributed by atoms with van der Waals surface area (Å²) in [5, 5.41) is 9.45. The molecule has 1 aliphatic heterocycles. The van der Waals surface area contributed by atoms with E-state index in [0.717, 1.165) is 30.7 Å². The largest absolute Gasteiger partial charge is 0.492 e. The van der Waals surface area contributed by atoms with Gasteiger partial charge in [-0.3, -0.25) is 9.69 Å². The first-order valence-electron chi connectivity index (χ1n) is 7.21. The van der Waals surface area contributed by atoms with Crippen LogP contribution in [-0.4, -0.2) is 41.2 Å². The molecule has 1 fully saturated rings. The molecule has 0 spiro atoms. The van der Waals surface area contributed by atoms with Crippen LogP contribution in [0.25, 0.3) is 0 Å². The fraction of sp³-hybridized carbons (Fsp3) is 0.562. The molecule has 0 radical (unpaired) electrons. The predicted molar refractivity (Wildman–Crippen MR) is 78.1 cm³/mol. The standard InChI is InChI=1S/C16H23NO3/c1-13-7-3-4-8-14(13)20-12-11-17-10-6-5-9-16(17,2)15(18)19/h3-4,7-8H,5-6,9-12H2,1-2H3,(H,18,19). The van der Waals surface area contributed by atoms with Gasteiger partial charge in [0, 0.05) is 6.54 Å². The van der Waals surface area contributed by atoms with Crippen molar-refractivity contribution in [2.45, 2.75) is 38.6 Å². The van der Waals surface area contributed by atoms with E-state index in [2.05, 4.69) is 0 Å². The summed E-state index contributed by atoms with van der Waals surface area (Å²) in [6.45, 7) is 5.84. The molecule has 1 aromatic carbocycles. The van der Waals surface area contributed by atoms with Gasteiger partial charge in [0.05, 0.1) is 0 Å². The van der Waals surface area contributed by atoms with Crippen molar-refractivity contribution in [3.05, 3.63) is 29.8 Å². The second-order valence-electron chi connectivity index (χ2n) is 5.64. The van der Waals surface area contributed by atoms with E-state index >= 15 is 0 Å². The Labute approximate surface area is 120 Å². The first-order valence-corrected chi connectivity index (χ1v) is 7.21. The first kappa shape index (κ1) is 14.9. The summed E-state index contributed by atoms with van der Waals surface area (Å²) >= 11 is 0. The Morgan fingerprint density at radius 3 is 2.85 bits per heavy atom. The van der Waals surface area contributed by atoms with Crippen LogP contribution in [0.4, 0.5) is 0 Å². The molecule has 1 heterocycles. The minimum absolute atomic E-state index is 0.522. The SMILES string of the molecule is Cc1ccccc1OCCN1CCCCC1(C)C(=O)O. The van der Waals surface area contributed by atoms with Crippen LogP contribution in [0.3, 0.4) is 0 Å². The zero-order chi connectivity index (χ0) is 14.6. The number of carboxylic acids is 1. The maximum atomic E-state index is 11.5. The third-order valence-electron chi connectivity index (χ3n) is 4.21. The van der Waals surface area contributed by atoms with Crippen molar-refractivity contribution in [3.8, 4) is 5.75 Å². The number of rotatable bonds is 5.